The normalized spacial score (nSPS) is 32.2. The Hall–Kier alpha value is -0.610. The fraction of sp³-hybridized carbons (Fsp3) is 0.900. The first-order chi connectivity index (χ1) is 6.48. The van der Waals surface area contributed by atoms with E-state index in [1.165, 1.54) is 7.11 Å². The van der Waals surface area contributed by atoms with Crippen molar-refractivity contribution in [2.24, 2.45) is 5.92 Å². The van der Waals surface area contributed by atoms with Crippen LogP contribution in [0.5, 0.6) is 0 Å². The molecule has 0 aromatic rings. The van der Waals surface area contributed by atoms with Crippen molar-refractivity contribution < 1.29 is 19.0 Å². The molecule has 4 nitrogen and oxygen atoms in total. The van der Waals surface area contributed by atoms with Gasteiger partial charge in [-0.1, -0.05) is 13.8 Å². The largest absolute Gasteiger partial charge is 0.469 e. The zero-order chi connectivity index (χ0) is 10.8. The lowest BCUT2D eigenvalue weighted by Crippen LogP contribution is -2.33. The van der Waals surface area contributed by atoms with Crippen LogP contribution in [0.1, 0.15) is 27.2 Å². The molecule has 0 aromatic carbocycles. The van der Waals surface area contributed by atoms with Crippen molar-refractivity contribution >= 4 is 5.97 Å². The van der Waals surface area contributed by atoms with Gasteiger partial charge in [0.05, 0.1) is 26.2 Å². The van der Waals surface area contributed by atoms with Crippen molar-refractivity contribution in [1.29, 1.82) is 0 Å². The van der Waals surface area contributed by atoms with Gasteiger partial charge in [0.15, 0.2) is 5.79 Å². The second kappa shape index (κ2) is 4.28. The molecule has 1 aliphatic heterocycles. The zero-order valence-electron chi connectivity index (χ0n) is 9.20. The molecular formula is C10H18O4. The Morgan fingerprint density at radius 3 is 2.71 bits per heavy atom. The second-order valence-electron chi connectivity index (χ2n) is 4.00. The van der Waals surface area contributed by atoms with Crippen molar-refractivity contribution in [1.82, 2.24) is 0 Å². The average Bonchev–Trinajstić information content (AvgIpc) is 2.49. The quantitative estimate of drug-likeness (QED) is 0.648. The van der Waals surface area contributed by atoms with Crippen LogP contribution in [0.25, 0.3) is 0 Å². The van der Waals surface area contributed by atoms with Gasteiger partial charge in [0, 0.05) is 5.92 Å². The molecule has 0 N–H and O–H groups in total. The summed E-state index contributed by atoms with van der Waals surface area (Å²) < 4.78 is 15.8. The summed E-state index contributed by atoms with van der Waals surface area (Å²) in [5.74, 6) is -0.546. The molecule has 4 heteroatoms. The third kappa shape index (κ3) is 2.45. The van der Waals surface area contributed by atoms with Gasteiger partial charge in [-0.05, 0) is 6.92 Å². The minimum Gasteiger partial charge on any atom is -0.469 e. The third-order valence-corrected chi connectivity index (χ3v) is 2.63. The predicted molar refractivity (Wildman–Crippen MR) is 50.7 cm³/mol. The van der Waals surface area contributed by atoms with Crippen molar-refractivity contribution in [2.45, 2.75) is 39.1 Å². The summed E-state index contributed by atoms with van der Waals surface area (Å²) in [5, 5.41) is 0. The maximum atomic E-state index is 11.0. The fourth-order valence-corrected chi connectivity index (χ4v) is 1.33. The van der Waals surface area contributed by atoms with Gasteiger partial charge in [-0.15, -0.1) is 0 Å². The average molecular weight is 202 g/mol. The van der Waals surface area contributed by atoms with E-state index in [0.29, 0.717) is 6.61 Å². The van der Waals surface area contributed by atoms with E-state index >= 15 is 0 Å². The highest BCUT2D eigenvalue weighted by molar-refractivity contribution is 5.69. The summed E-state index contributed by atoms with van der Waals surface area (Å²) in [7, 11) is 1.37. The molecule has 1 rings (SSSR count). The van der Waals surface area contributed by atoms with Gasteiger partial charge < -0.3 is 14.2 Å². The van der Waals surface area contributed by atoms with Crippen LogP contribution in [-0.4, -0.2) is 31.6 Å². The Morgan fingerprint density at radius 1 is 1.64 bits per heavy atom. The molecular weight excluding hydrogens is 184 g/mol. The number of rotatable bonds is 3. The highest BCUT2D eigenvalue weighted by Gasteiger charge is 2.40. The van der Waals surface area contributed by atoms with Crippen LogP contribution in [0.3, 0.4) is 0 Å². The van der Waals surface area contributed by atoms with Crippen LogP contribution in [0, 0.1) is 5.92 Å². The molecule has 14 heavy (non-hydrogen) atoms. The van der Waals surface area contributed by atoms with Crippen LogP contribution in [0.15, 0.2) is 0 Å². The molecule has 1 saturated heterocycles. The summed E-state index contributed by atoms with van der Waals surface area (Å²) in [6.45, 7) is 6.42. The molecule has 1 fully saturated rings. The first-order valence-electron chi connectivity index (χ1n) is 4.86. The fourth-order valence-electron chi connectivity index (χ4n) is 1.33. The van der Waals surface area contributed by atoms with Gasteiger partial charge in [-0.3, -0.25) is 4.79 Å². The summed E-state index contributed by atoms with van der Waals surface area (Å²) in [6, 6.07) is 0. The van der Waals surface area contributed by atoms with Gasteiger partial charge in [-0.25, -0.2) is 0 Å². The van der Waals surface area contributed by atoms with Crippen LogP contribution >= 0.6 is 0 Å². The molecule has 0 aromatic heterocycles. The summed E-state index contributed by atoms with van der Waals surface area (Å²) in [5.41, 5.74) is 0. The molecule has 2 atom stereocenters. The van der Waals surface area contributed by atoms with Gasteiger partial charge in [0.2, 0.25) is 0 Å². The molecule has 1 aliphatic rings. The van der Waals surface area contributed by atoms with E-state index in [1.54, 1.807) is 0 Å². The lowest BCUT2D eigenvalue weighted by atomic mass is 10.1. The summed E-state index contributed by atoms with van der Waals surface area (Å²) in [6.07, 6.45) is 0.0913. The molecule has 0 bridgehead atoms. The predicted octanol–water partition coefficient (Wildman–Crippen LogP) is 1.34. The SMILES string of the molecule is COC(=O)CC1COC(C)(C(C)C)O1. The Bertz CT molecular complexity index is 214. The van der Waals surface area contributed by atoms with E-state index in [2.05, 4.69) is 4.74 Å². The number of ether oxygens (including phenoxy) is 3. The lowest BCUT2D eigenvalue weighted by Gasteiger charge is -2.27. The molecule has 0 radical (unpaired) electrons. The number of esters is 1. The molecule has 0 amide bonds. The standard InChI is InChI=1S/C10H18O4/c1-7(2)10(3)13-6-8(14-10)5-9(11)12-4/h7-8H,5-6H2,1-4H3. The number of carbonyl (C=O) groups excluding carboxylic acids is 1. The highest BCUT2D eigenvalue weighted by atomic mass is 16.7. The minimum absolute atomic E-state index is 0.171. The summed E-state index contributed by atoms with van der Waals surface area (Å²) in [4.78, 5) is 11.0. The smallest absolute Gasteiger partial charge is 0.308 e. The molecule has 1 heterocycles. The Morgan fingerprint density at radius 2 is 2.29 bits per heavy atom. The summed E-state index contributed by atoms with van der Waals surface area (Å²) >= 11 is 0. The van der Waals surface area contributed by atoms with Crippen molar-refractivity contribution in [3.05, 3.63) is 0 Å². The van der Waals surface area contributed by atoms with E-state index in [0.717, 1.165) is 0 Å². The monoisotopic (exact) mass is 202 g/mol. The highest BCUT2D eigenvalue weighted by Crippen LogP contribution is 2.31. The van der Waals surface area contributed by atoms with Crippen molar-refractivity contribution in [3.63, 3.8) is 0 Å². The van der Waals surface area contributed by atoms with Crippen molar-refractivity contribution in [3.8, 4) is 0 Å². The third-order valence-electron chi connectivity index (χ3n) is 2.63. The maximum absolute atomic E-state index is 11.0. The minimum atomic E-state index is -0.557. The molecule has 0 saturated carbocycles. The molecule has 0 spiro atoms. The van der Waals surface area contributed by atoms with Crippen LogP contribution < -0.4 is 0 Å². The first kappa shape index (κ1) is 11.5. The van der Waals surface area contributed by atoms with E-state index in [4.69, 9.17) is 9.47 Å². The molecule has 82 valence electrons. The molecule has 2 unspecified atom stereocenters. The van der Waals surface area contributed by atoms with Crippen molar-refractivity contribution in [2.75, 3.05) is 13.7 Å². The van der Waals surface area contributed by atoms with E-state index in [9.17, 15) is 4.79 Å². The molecule has 0 aliphatic carbocycles. The van der Waals surface area contributed by atoms with Crippen LogP contribution in [0.4, 0.5) is 0 Å². The van der Waals surface area contributed by atoms with Crippen LogP contribution in [-0.2, 0) is 19.0 Å². The van der Waals surface area contributed by atoms with Crippen LogP contribution in [0.2, 0.25) is 0 Å². The Labute approximate surface area is 84.5 Å². The maximum Gasteiger partial charge on any atom is 0.308 e. The first-order valence-corrected chi connectivity index (χ1v) is 4.86. The Balaban J connectivity index is 2.45. The number of carbonyl (C=O) groups is 1. The van der Waals surface area contributed by atoms with Gasteiger partial charge >= 0.3 is 5.97 Å². The second-order valence-corrected chi connectivity index (χ2v) is 4.00. The lowest BCUT2D eigenvalue weighted by molar-refractivity contribution is -0.185. The number of hydrogen-bond acceptors (Lipinski definition) is 4. The van der Waals surface area contributed by atoms with E-state index < -0.39 is 5.79 Å². The number of hydrogen-bond donors (Lipinski definition) is 0. The number of methoxy groups -OCH3 is 1. The zero-order valence-corrected chi connectivity index (χ0v) is 9.20. The topological polar surface area (TPSA) is 44.8 Å². The van der Waals surface area contributed by atoms with Gasteiger partial charge in [0.1, 0.15) is 0 Å². The van der Waals surface area contributed by atoms with Gasteiger partial charge in [0.25, 0.3) is 0 Å². The van der Waals surface area contributed by atoms with E-state index in [1.807, 2.05) is 20.8 Å². The van der Waals surface area contributed by atoms with Gasteiger partial charge in [-0.2, -0.15) is 0 Å². The Kier molecular flexibility index (Phi) is 3.50. The van der Waals surface area contributed by atoms with E-state index in [-0.39, 0.29) is 24.4 Å².